The van der Waals surface area contributed by atoms with Crippen LogP contribution in [0.1, 0.15) is 12.5 Å². The third-order valence-corrected chi connectivity index (χ3v) is 3.03. The van der Waals surface area contributed by atoms with E-state index < -0.39 is 22.1 Å². The molecule has 2 atom stereocenters. The quantitative estimate of drug-likeness (QED) is 0.631. The van der Waals surface area contributed by atoms with Crippen LogP contribution in [-0.4, -0.2) is 28.8 Å². The zero-order valence-corrected chi connectivity index (χ0v) is 11.6. The first-order valence-electron chi connectivity index (χ1n) is 5.19. The minimum Gasteiger partial charge on any atom is -0.496 e. The average molecular weight is 316 g/mol. The number of benzene rings is 1. The van der Waals surface area contributed by atoms with Crippen LogP contribution < -0.4 is 10.5 Å². The zero-order chi connectivity index (χ0) is 13.9. The van der Waals surface area contributed by atoms with Gasteiger partial charge >= 0.3 is 5.97 Å². The highest BCUT2D eigenvalue weighted by atomic mass is 79.9. The van der Waals surface area contributed by atoms with Crippen LogP contribution in [0.15, 0.2) is 24.3 Å². The molecular formula is C12H14BrNO4. The van der Waals surface area contributed by atoms with E-state index in [4.69, 9.17) is 10.5 Å². The van der Waals surface area contributed by atoms with E-state index in [1.54, 1.807) is 18.2 Å². The Hall–Kier alpha value is -1.40. The number of carboxylic acid groups (broad SMARTS) is 1. The smallest absolute Gasteiger partial charge is 0.336 e. The first-order valence-corrected chi connectivity index (χ1v) is 6.11. The summed E-state index contributed by atoms with van der Waals surface area (Å²) in [6, 6.07) is 6.31. The maximum atomic E-state index is 12.1. The summed E-state index contributed by atoms with van der Waals surface area (Å²) in [7, 11) is 1.39. The summed E-state index contributed by atoms with van der Waals surface area (Å²) in [4.78, 5) is 22.8. The number of nitrogens with two attached hydrogens (primary N) is 1. The Labute approximate surface area is 113 Å². The van der Waals surface area contributed by atoms with Crippen molar-refractivity contribution in [2.45, 2.75) is 17.3 Å². The summed E-state index contributed by atoms with van der Waals surface area (Å²) in [6.45, 7) is 1.53. The number of carbonyl (C=O) groups excluding carboxylic acids is 1. The maximum Gasteiger partial charge on any atom is 0.336 e. The fourth-order valence-corrected chi connectivity index (χ4v) is 2.00. The van der Waals surface area contributed by atoms with Crippen LogP contribution >= 0.6 is 15.9 Å². The second-order valence-electron chi connectivity index (χ2n) is 3.79. The van der Waals surface area contributed by atoms with Gasteiger partial charge in [0, 0.05) is 5.56 Å². The van der Waals surface area contributed by atoms with Gasteiger partial charge in [0.2, 0.25) is 5.54 Å². The Morgan fingerprint density at radius 1 is 1.44 bits per heavy atom. The van der Waals surface area contributed by atoms with Crippen molar-refractivity contribution in [3.63, 3.8) is 0 Å². The minimum absolute atomic E-state index is 0.135. The minimum atomic E-state index is -2.13. The number of halogens is 1. The molecule has 0 aliphatic heterocycles. The number of carboxylic acids is 1. The van der Waals surface area contributed by atoms with Gasteiger partial charge in [-0.15, -0.1) is 0 Å². The van der Waals surface area contributed by atoms with Gasteiger partial charge in [-0.3, -0.25) is 4.79 Å². The molecule has 1 aromatic carbocycles. The van der Waals surface area contributed by atoms with Gasteiger partial charge < -0.3 is 15.6 Å². The molecule has 0 radical (unpaired) electrons. The molecule has 2 unspecified atom stereocenters. The van der Waals surface area contributed by atoms with Crippen molar-refractivity contribution in [3.8, 4) is 5.75 Å². The number of methoxy groups -OCH3 is 1. The molecule has 6 heteroatoms. The van der Waals surface area contributed by atoms with Crippen molar-refractivity contribution in [3.05, 3.63) is 29.8 Å². The van der Waals surface area contributed by atoms with Crippen molar-refractivity contribution in [1.29, 1.82) is 0 Å². The molecule has 98 valence electrons. The van der Waals surface area contributed by atoms with E-state index in [-0.39, 0.29) is 11.3 Å². The number of Topliss-reactive ketones (excluding diaryl/α,β-unsaturated/α-hetero) is 1. The van der Waals surface area contributed by atoms with E-state index in [1.165, 1.54) is 20.1 Å². The Kier molecular flexibility index (Phi) is 4.48. The summed E-state index contributed by atoms with van der Waals surface area (Å²) in [5, 5.41) is 9.30. The fourth-order valence-electron chi connectivity index (χ4n) is 1.64. The Morgan fingerprint density at radius 3 is 2.44 bits per heavy atom. The highest BCUT2D eigenvalue weighted by Gasteiger charge is 2.47. The third-order valence-electron chi connectivity index (χ3n) is 2.62. The maximum absolute atomic E-state index is 12.1. The lowest BCUT2D eigenvalue weighted by Crippen LogP contribution is -2.54. The molecule has 18 heavy (non-hydrogen) atoms. The first-order chi connectivity index (χ1) is 8.35. The second kappa shape index (κ2) is 5.49. The lowest BCUT2D eigenvalue weighted by atomic mass is 9.85. The molecule has 0 saturated heterocycles. The molecule has 0 spiro atoms. The van der Waals surface area contributed by atoms with Crippen LogP contribution in [0.4, 0.5) is 0 Å². The van der Waals surface area contributed by atoms with Crippen molar-refractivity contribution in [2.75, 3.05) is 7.11 Å². The van der Waals surface area contributed by atoms with Crippen LogP contribution in [0.5, 0.6) is 5.75 Å². The van der Waals surface area contributed by atoms with E-state index in [2.05, 4.69) is 15.9 Å². The SMILES string of the molecule is COc1ccccc1C(N)(C(=O)O)C(=O)C(C)Br. The van der Waals surface area contributed by atoms with Crippen LogP contribution in [0.3, 0.4) is 0 Å². The summed E-state index contributed by atoms with van der Waals surface area (Å²) < 4.78 is 5.06. The number of hydrogen-bond donors (Lipinski definition) is 2. The number of aliphatic carboxylic acids is 1. The van der Waals surface area contributed by atoms with Gasteiger partial charge in [0.05, 0.1) is 11.9 Å². The molecule has 1 rings (SSSR count). The molecule has 3 N–H and O–H groups in total. The Balaban J connectivity index is 3.46. The molecule has 0 aliphatic carbocycles. The number of ketones is 1. The van der Waals surface area contributed by atoms with Crippen molar-refractivity contribution >= 4 is 27.7 Å². The zero-order valence-electron chi connectivity index (χ0n) is 10.0. The molecule has 0 saturated carbocycles. The highest BCUT2D eigenvalue weighted by molar-refractivity contribution is 9.10. The standard InChI is InChI=1S/C12H14BrNO4/c1-7(13)10(15)12(14,11(16)17)8-5-3-4-6-9(8)18-2/h3-7H,14H2,1-2H3,(H,16,17). The molecule has 5 nitrogen and oxygen atoms in total. The number of carbonyl (C=O) groups is 2. The summed E-state index contributed by atoms with van der Waals surface area (Å²) >= 11 is 3.05. The monoisotopic (exact) mass is 315 g/mol. The predicted octanol–water partition coefficient (Wildman–Crippen LogP) is 1.29. The normalized spacial score (nSPS) is 15.6. The lowest BCUT2D eigenvalue weighted by Gasteiger charge is -2.26. The van der Waals surface area contributed by atoms with Gasteiger partial charge in [-0.05, 0) is 13.0 Å². The molecule has 1 aromatic rings. The summed E-state index contributed by atoms with van der Waals surface area (Å²) in [5.41, 5.74) is 3.83. The number of hydrogen-bond acceptors (Lipinski definition) is 4. The second-order valence-corrected chi connectivity index (χ2v) is 5.17. The van der Waals surface area contributed by atoms with Crippen molar-refractivity contribution in [2.24, 2.45) is 5.73 Å². The van der Waals surface area contributed by atoms with Gasteiger partial charge in [-0.1, -0.05) is 34.1 Å². The van der Waals surface area contributed by atoms with E-state index in [0.29, 0.717) is 0 Å². The van der Waals surface area contributed by atoms with E-state index >= 15 is 0 Å². The number of para-hydroxylation sites is 1. The van der Waals surface area contributed by atoms with E-state index in [9.17, 15) is 14.7 Å². The van der Waals surface area contributed by atoms with Crippen molar-refractivity contribution in [1.82, 2.24) is 0 Å². The highest BCUT2D eigenvalue weighted by Crippen LogP contribution is 2.31. The fraction of sp³-hybridized carbons (Fsp3) is 0.333. The third kappa shape index (κ3) is 2.39. The van der Waals surface area contributed by atoms with Crippen LogP contribution in [0, 0.1) is 0 Å². The Bertz CT molecular complexity index is 475. The predicted molar refractivity (Wildman–Crippen MR) is 69.9 cm³/mol. The van der Waals surface area contributed by atoms with Gasteiger partial charge in [0.1, 0.15) is 5.75 Å². The van der Waals surface area contributed by atoms with Gasteiger partial charge in [-0.2, -0.15) is 0 Å². The summed E-state index contributed by atoms with van der Waals surface area (Å²) in [5.74, 6) is -1.79. The van der Waals surface area contributed by atoms with Gasteiger partial charge in [-0.25, -0.2) is 4.79 Å². The molecule has 0 amide bonds. The van der Waals surface area contributed by atoms with E-state index in [0.717, 1.165) is 0 Å². The van der Waals surface area contributed by atoms with Gasteiger partial charge in [0.15, 0.2) is 5.78 Å². The largest absolute Gasteiger partial charge is 0.496 e. The molecule has 0 heterocycles. The van der Waals surface area contributed by atoms with Crippen LogP contribution in [-0.2, 0) is 15.1 Å². The number of rotatable bonds is 5. The van der Waals surface area contributed by atoms with Crippen LogP contribution in [0.2, 0.25) is 0 Å². The molecule has 0 aromatic heterocycles. The van der Waals surface area contributed by atoms with Crippen molar-refractivity contribution < 1.29 is 19.4 Å². The van der Waals surface area contributed by atoms with Crippen LogP contribution in [0.25, 0.3) is 0 Å². The molecule has 0 fully saturated rings. The lowest BCUT2D eigenvalue weighted by molar-refractivity contribution is -0.148. The first kappa shape index (κ1) is 14.7. The molecule has 0 bridgehead atoms. The molecular weight excluding hydrogens is 302 g/mol. The van der Waals surface area contributed by atoms with Gasteiger partial charge in [0.25, 0.3) is 0 Å². The number of ether oxygens (including phenoxy) is 1. The topological polar surface area (TPSA) is 89.6 Å². The Morgan fingerprint density at radius 2 is 2.00 bits per heavy atom. The average Bonchev–Trinajstić information content (AvgIpc) is 2.36. The molecule has 0 aliphatic rings. The van der Waals surface area contributed by atoms with E-state index in [1.807, 2.05) is 0 Å². The number of alkyl halides is 1. The summed E-state index contributed by atoms with van der Waals surface area (Å²) in [6.07, 6.45) is 0.